The van der Waals surface area contributed by atoms with Crippen LogP contribution in [0.5, 0.6) is 0 Å². The Morgan fingerprint density at radius 3 is 2.20 bits per heavy atom. The molecule has 0 aliphatic heterocycles. The Bertz CT molecular complexity index is 210. The van der Waals surface area contributed by atoms with Crippen LogP contribution < -0.4 is 0 Å². The van der Waals surface area contributed by atoms with Gasteiger partial charge < -0.3 is 0 Å². The van der Waals surface area contributed by atoms with Crippen molar-refractivity contribution >= 4 is 19.9 Å². The number of nitrogens with zero attached hydrogens (tertiary/aromatic N) is 1. The van der Waals surface area contributed by atoms with Crippen LogP contribution in [0.2, 0.25) is 0 Å². The minimum absolute atomic E-state index is 0.187. The van der Waals surface area contributed by atoms with E-state index < -0.39 is 9.24 Å². The largest absolute Gasteiger partial charge is 0.300 e. The molecule has 1 fully saturated rings. The maximum absolute atomic E-state index is 10.7. The summed E-state index contributed by atoms with van der Waals surface area (Å²) in [4.78, 5) is 0. The highest BCUT2D eigenvalue weighted by Crippen LogP contribution is 2.29. The van der Waals surface area contributed by atoms with Crippen molar-refractivity contribution < 1.29 is 8.42 Å². The summed E-state index contributed by atoms with van der Waals surface area (Å²) in [5.74, 6) is 0. The van der Waals surface area contributed by atoms with E-state index >= 15 is 0 Å². The van der Waals surface area contributed by atoms with Gasteiger partial charge in [0.2, 0.25) is 0 Å². The van der Waals surface area contributed by atoms with Gasteiger partial charge in [0.05, 0.1) is 0 Å². The standard InChI is InChI=1S/C5H10ClNO2S/c1-2-7(5-3-4-5)10(6,8)9/h5H,2-4H2,1H3. The molecule has 1 aliphatic carbocycles. The molecule has 1 saturated carbocycles. The van der Waals surface area contributed by atoms with E-state index in [2.05, 4.69) is 0 Å². The van der Waals surface area contributed by atoms with Gasteiger partial charge in [0.1, 0.15) is 0 Å². The van der Waals surface area contributed by atoms with Gasteiger partial charge in [0, 0.05) is 23.3 Å². The zero-order valence-corrected chi connectivity index (χ0v) is 7.32. The predicted octanol–water partition coefficient (Wildman–Crippen LogP) is 0.954. The zero-order chi connectivity index (χ0) is 7.78. The van der Waals surface area contributed by atoms with Crippen molar-refractivity contribution in [3.05, 3.63) is 0 Å². The summed E-state index contributed by atoms with van der Waals surface area (Å²) < 4.78 is 22.8. The molecule has 0 spiro atoms. The molecule has 5 heteroatoms. The Balaban J connectivity index is 2.64. The first-order valence-corrected chi connectivity index (χ1v) is 5.53. The molecule has 0 saturated heterocycles. The monoisotopic (exact) mass is 183 g/mol. The van der Waals surface area contributed by atoms with Crippen LogP contribution in [0, 0.1) is 0 Å². The first-order valence-electron chi connectivity index (χ1n) is 3.27. The number of halogens is 1. The van der Waals surface area contributed by atoms with Crippen molar-refractivity contribution in [1.82, 2.24) is 4.31 Å². The second-order valence-electron chi connectivity index (χ2n) is 2.38. The molecular formula is C5H10ClNO2S. The lowest BCUT2D eigenvalue weighted by Crippen LogP contribution is -2.28. The van der Waals surface area contributed by atoms with Crippen LogP contribution in [0.15, 0.2) is 0 Å². The summed E-state index contributed by atoms with van der Waals surface area (Å²) in [6.45, 7) is 2.27. The van der Waals surface area contributed by atoms with Gasteiger partial charge in [-0.05, 0) is 12.8 Å². The van der Waals surface area contributed by atoms with Crippen LogP contribution >= 0.6 is 10.7 Å². The topological polar surface area (TPSA) is 37.4 Å². The Kier molecular flexibility index (Phi) is 2.22. The average Bonchev–Trinajstić information content (AvgIpc) is 2.46. The van der Waals surface area contributed by atoms with Crippen LogP contribution in [-0.4, -0.2) is 25.3 Å². The van der Waals surface area contributed by atoms with Gasteiger partial charge >= 0.3 is 0 Å². The van der Waals surface area contributed by atoms with Crippen molar-refractivity contribution in [1.29, 1.82) is 0 Å². The molecule has 1 rings (SSSR count). The SMILES string of the molecule is CCN(C1CC1)S(=O)(=O)Cl. The molecular weight excluding hydrogens is 174 g/mol. The Morgan fingerprint density at radius 1 is 1.60 bits per heavy atom. The highest BCUT2D eigenvalue weighted by atomic mass is 35.7. The van der Waals surface area contributed by atoms with E-state index in [0.717, 1.165) is 12.8 Å². The molecule has 0 bridgehead atoms. The average molecular weight is 184 g/mol. The van der Waals surface area contributed by atoms with Gasteiger partial charge in [-0.25, -0.2) is 0 Å². The smallest absolute Gasteiger partial charge is 0.195 e. The lowest BCUT2D eigenvalue weighted by Gasteiger charge is -2.13. The second kappa shape index (κ2) is 2.68. The van der Waals surface area contributed by atoms with E-state index in [1.54, 1.807) is 6.92 Å². The number of hydrogen-bond acceptors (Lipinski definition) is 2. The summed E-state index contributed by atoms with van der Waals surface area (Å²) in [6.07, 6.45) is 1.92. The van der Waals surface area contributed by atoms with Gasteiger partial charge in [0.15, 0.2) is 0 Å². The van der Waals surface area contributed by atoms with E-state index in [0.29, 0.717) is 6.54 Å². The third kappa shape index (κ3) is 1.84. The lowest BCUT2D eigenvalue weighted by molar-refractivity contribution is 0.432. The molecule has 60 valence electrons. The number of hydrogen-bond donors (Lipinski definition) is 0. The van der Waals surface area contributed by atoms with Crippen molar-refractivity contribution in [2.45, 2.75) is 25.8 Å². The molecule has 0 radical (unpaired) electrons. The Labute approximate surface area is 65.5 Å². The molecule has 0 aromatic carbocycles. The molecule has 0 aromatic rings. The van der Waals surface area contributed by atoms with Gasteiger partial charge in [0.25, 0.3) is 9.24 Å². The predicted molar refractivity (Wildman–Crippen MR) is 40.2 cm³/mol. The van der Waals surface area contributed by atoms with Crippen molar-refractivity contribution in [2.24, 2.45) is 0 Å². The molecule has 1 aliphatic rings. The highest BCUT2D eigenvalue weighted by molar-refractivity contribution is 8.11. The quantitative estimate of drug-likeness (QED) is 0.612. The van der Waals surface area contributed by atoms with Crippen LogP contribution in [0.3, 0.4) is 0 Å². The first kappa shape index (κ1) is 8.30. The van der Waals surface area contributed by atoms with Gasteiger partial charge in [-0.3, -0.25) is 0 Å². The summed E-state index contributed by atoms with van der Waals surface area (Å²) in [5.41, 5.74) is 0. The fraction of sp³-hybridized carbons (Fsp3) is 1.00. The summed E-state index contributed by atoms with van der Waals surface area (Å²) >= 11 is 0. The van der Waals surface area contributed by atoms with E-state index in [-0.39, 0.29) is 6.04 Å². The molecule has 10 heavy (non-hydrogen) atoms. The maximum Gasteiger partial charge on any atom is 0.300 e. The van der Waals surface area contributed by atoms with Crippen molar-refractivity contribution in [3.8, 4) is 0 Å². The van der Waals surface area contributed by atoms with E-state index in [1.165, 1.54) is 4.31 Å². The normalized spacial score (nSPS) is 19.9. The summed E-state index contributed by atoms with van der Waals surface area (Å²) in [6, 6.07) is 0.187. The van der Waals surface area contributed by atoms with Crippen LogP contribution in [0.25, 0.3) is 0 Å². The molecule has 0 amide bonds. The lowest BCUT2D eigenvalue weighted by atomic mass is 10.6. The molecule has 0 aromatic heterocycles. The minimum Gasteiger partial charge on any atom is -0.195 e. The van der Waals surface area contributed by atoms with Crippen LogP contribution in [0.1, 0.15) is 19.8 Å². The summed E-state index contributed by atoms with van der Waals surface area (Å²) in [7, 11) is 1.69. The molecule has 3 nitrogen and oxygen atoms in total. The highest BCUT2D eigenvalue weighted by Gasteiger charge is 2.34. The van der Waals surface area contributed by atoms with Gasteiger partial charge in [-0.1, -0.05) is 6.92 Å². The number of rotatable bonds is 3. The molecule has 0 atom stereocenters. The molecule has 0 unspecified atom stereocenters. The fourth-order valence-corrected chi connectivity index (χ4v) is 2.46. The van der Waals surface area contributed by atoms with E-state index in [1.807, 2.05) is 0 Å². The Morgan fingerprint density at radius 2 is 2.10 bits per heavy atom. The molecule has 0 heterocycles. The summed E-state index contributed by atoms with van der Waals surface area (Å²) in [5, 5.41) is 0. The van der Waals surface area contributed by atoms with Crippen molar-refractivity contribution in [2.75, 3.05) is 6.54 Å². The van der Waals surface area contributed by atoms with Crippen LogP contribution in [0.4, 0.5) is 0 Å². The van der Waals surface area contributed by atoms with E-state index in [9.17, 15) is 8.42 Å². The van der Waals surface area contributed by atoms with E-state index in [4.69, 9.17) is 10.7 Å². The zero-order valence-electron chi connectivity index (χ0n) is 5.75. The third-order valence-corrected chi connectivity index (χ3v) is 3.19. The minimum atomic E-state index is -3.45. The Hall–Kier alpha value is 0.200. The third-order valence-electron chi connectivity index (χ3n) is 1.55. The van der Waals surface area contributed by atoms with Gasteiger partial charge in [-0.2, -0.15) is 12.7 Å². The second-order valence-corrected chi connectivity index (χ2v) is 4.84. The fourth-order valence-electron chi connectivity index (χ4n) is 0.953. The first-order chi connectivity index (χ1) is 4.55. The van der Waals surface area contributed by atoms with Crippen molar-refractivity contribution in [3.63, 3.8) is 0 Å². The maximum atomic E-state index is 10.7. The van der Waals surface area contributed by atoms with Gasteiger partial charge in [-0.15, -0.1) is 0 Å². The van der Waals surface area contributed by atoms with Crippen LogP contribution in [-0.2, 0) is 9.24 Å². The molecule has 0 N–H and O–H groups in total.